The quantitative estimate of drug-likeness (QED) is 0.528. The smallest absolute Gasteiger partial charge is 0.244 e. The Labute approximate surface area is 122 Å². The molecule has 0 unspecified atom stereocenters. The fourth-order valence-corrected chi connectivity index (χ4v) is 1.81. The highest BCUT2D eigenvalue weighted by molar-refractivity contribution is 5.88. The number of aliphatic imine (C=N–C) groups is 1. The van der Waals surface area contributed by atoms with E-state index in [1.54, 1.807) is 16.7 Å². The number of likely N-dealkylation sites (N-methyl/N-ethyl adjacent to an activating group) is 2. The van der Waals surface area contributed by atoms with Crippen molar-refractivity contribution in [1.82, 2.24) is 15.1 Å². The first-order valence-electron chi connectivity index (χ1n) is 7.30. The van der Waals surface area contributed by atoms with Crippen LogP contribution in [-0.2, 0) is 9.59 Å². The lowest BCUT2D eigenvalue weighted by atomic mass is 10.4. The van der Waals surface area contributed by atoms with E-state index in [2.05, 4.69) is 10.3 Å². The normalized spacial score (nSPS) is 11.2. The highest BCUT2D eigenvalue weighted by Crippen LogP contribution is 1.91. The van der Waals surface area contributed by atoms with Crippen LogP contribution in [0.1, 0.15) is 34.6 Å². The summed E-state index contributed by atoms with van der Waals surface area (Å²) >= 11 is 0. The van der Waals surface area contributed by atoms with E-state index < -0.39 is 0 Å². The minimum Gasteiger partial charge on any atom is -0.365 e. The maximum atomic E-state index is 11.8. The van der Waals surface area contributed by atoms with Crippen molar-refractivity contribution < 1.29 is 9.59 Å². The third-order valence-electron chi connectivity index (χ3n) is 3.18. The van der Waals surface area contributed by atoms with Crippen molar-refractivity contribution in [2.24, 2.45) is 4.99 Å². The standard InChI is InChI=1S/C14H28N4O2/c1-6-17(7-2)13(19)10-15-12(5)16-11-14(20)18(8-3)9-4/h6-11H2,1-5H3,(H,15,16). The zero-order valence-corrected chi connectivity index (χ0v) is 13.4. The summed E-state index contributed by atoms with van der Waals surface area (Å²) in [4.78, 5) is 31.2. The topological polar surface area (TPSA) is 65.0 Å². The second-order valence-corrected chi connectivity index (χ2v) is 4.39. The van der Waals surface area contributed by atoms with E-state index in [1.165, 1.54) is 0 Å². The number of rotatable bonds is 8. The molecule has 0 saturated heterocycles. The van der Waals surface area contributed by atoms with Crippen LogP contribution in [0.3, 0.4) is 0 Å². The SMILES string of the molecule is CCN(CC)C(=O)CN=C(C)NCC(=O)N(CC)CC. The largest absolute Gasteiger partial charge is 0.365 e. The van der Waals surface area contributed by atoms with Gasteiger partial charge in [-0.1, -0.05) is 0 Å². The Morgan fingerprint density at radius 2 is 1.35 bits per heavy atom. The van der Waals surface area contributed by atoms with Gasteiger partial charge in [0.15, 0.2) is 0 Å². The van der Waals surface area contributed by atoms with Crippen LogP contribution in [0.2, 0.25) is 0 Å². The van der Waals surface area contributed by atoms with Crippen molar-refractivity contribution in [3.63, 3.8) is 0 Å². The van der Waals surface area contributed by atoms with Crippen molar-refractivity contribution in [2.45, 2.75) is 34.6 Å². The molecule has 1 N–H and O–H groups in total. The maximum absolute atomic E-state index is 11.8. The minimum atomic E-state index is 0.00576. The lowest BCUT2D eigenvalue weighted by Gasteiger charge is -2.19. The predicted octanol–water partition coefficient (Wildman–Crippen LogP) is 0.731. The molecule has 0 aliphatic rings. The number of carbonyl (C=O) groups excluding carboxylic acids is 2. The van der Waals surface area contributed by atoms with Crippen molar-refractivity contribution in [1.29, 1.82) is 0 Å². The van der Waals surface area contributed by atoms with E-state index in [9.17, 15) is 9.59 Å². The van der Waals surface area contributed by atoms with Gasteiger partial charge in [-0.25, -0.2) is 0 Å². The molecule has 0 spiro atoms. The summed E-state index contributed by atoms with van der Waals surface area (Å²) in [7, 11) is 0. The molecular weight excluding hydrogens is 256 g/mol. The summed E-state index contributed by atoms with van der Waals surface area (Å²) in [6, 6.07) is 0. The van der Waals surface area contributed by atoms with Gasteiger partial charge in [0, 0.05) is 26.2 Å². The Morgan fingerprint density at radius 3 is 1.80 bits per heavy atom. The number of amidine groups is 1. The lowest BCUT2D eigenvalue weighted by Crippen LogP contribution is -2.39. The molecule has 0 atom stereocenters. The second kappa shape index (κ2) is 10.2. The molecule has 0 aromatic carbocycles. The summed E-state index contributed by atoms with van der Waals surface area (Å²) < 4.78 is 0. The van der Waals surface area contributed by atoms with Gasteiger partial charge in [-0.3, -0.25) is 14.6 Å². The summed E-state index contributed by atoms with van der Waals surface area (Å²) in [5.74, 6) is 0.664. The lowest BCUT2D eigenvalue weighted by molar-refractivity contribution is -0.130. The first-order valence-corrected chi connectivity index (χ1v) is 7.30. The molecule has 0 aliphatic heterocycles. The molecule has 116 valence electrons. The van der Waals surface area contributed by atoms with Gasteiger partial charge in [-0.15, -0.1) is 0 Å². The predicted molar refractivity (Wildman–Crippen MR) is 81.8 cm³/mol. The molecule has 20 heavy (non-hydrogen) atoms. The summed E-state index contributed by atoms with van der Waals surface area (Å²) in [6.07, 6.45) is 0. The number of carbonyl (C=O) groups is 2. The van der Waals surface area contributed by atoms with Gasteiger partial charge in [-0.2, -0.15) is 0 Å². The molecular formula is C14H28N4O2. The van der Waals surface area contributed by atoms with E-state index in [0.717, 1.165) is 0 Å². The molecule has 0 radical (unpaired) electrons. The van der Waals surface area contributed by atoms with Crippen LogP contribution in [-0.4, -0.2) is 66.7 Å². The number of hydrogen-bond donors (Lipinski definition) is 1. The second-order valence-electron chi connectivity index (χ2n) is 4.39. The fraction of sp³-hybridized carbons (Fsp3) is 0.786. The molecule has 0 fully saturated rings. The third kappa shape index (κ3) is 6.54. The minimum absolute atomic E-state index is 0.00576. The van der Waals surface area contributed by atoms with Gasteiger partial charge in [0.2, 0.25) is 11.8 Å². The summed E-state index contributed by atoms with van der Waals surface area (Å²) in [5.41, 5.74) is 0. The van der Waals surface area contributed by atoms with Crippen LogP contribution in [0.15, 0.2) is 4.99 Å². The zero-order chi connectivity index (χ0) is 15.5. The van der Waals surface area contributed by atoms with Gasteiger partial charge in [-0.05, 0) is 34.6 Å². The number of hydrogen-bond acceptors (Lipinski definition) is 3. The van der Waals surface area contributed by atoms with Crippen LogP contribution >= 0.6 is 0 Å². The first-order chi connectivity index (χ1) is 9.49. The van der Waals surface area contributed by atoms with Gasteiger partial charge in [0.05, 0.1) is 12.4 Å². The zero-order valence-electron chi connectivity index (χ0n) is 13.4. The average molecular weight is 284 g/mol. The molecule has 0 aliphatic carbocycles. The maximum Gasteiger partial charge on any atom is 0.244 e. The van der Waals surface area contributed by atoms with Crippen LogP contribution in [0.5, 0.6) is 0 Å². The third-order valence-corrected chi connectivity index (χ3v) is 3.18. The molecule has 0 rings (SSSR count). The van der Waals surface area contributed by atoms with Gasteiger partial charge in [0.1, 0.15) is 6.54 Å². The van der Waals surface area contributed by atoms with Gasteiger partial charge >= 0.3 is 0 Å². The van der Waals surface area contributed by atoms with Gasteiger partial charge < -0.3 is 15.1 Å². The molecule has 0 heterocycles. The highest BCUT2D eigenvalue weighted by Gasteiger charge is 2.10. The van der Waals surface area contributed by atoms with E-state index in [4.69, 9.17) is 0 Å². The first kappa shape index (κ1) is 18.4. The molecule has 2 amide bonds. The van der Waals surface area contributed by atoms with Crippen LogP contribution < -0.4 is 5.32 Å². The number of amides is 2. The fourth-order valence-electron chi connectivity index (χ4n) is 1.81. The Kier molecular flexibility index (Phi) is 9.41. The Bertz CT molecular complexity index is 334. The van der Waals surface area contributed by atoms with Crippen molar-refractivity contribution in [3.8, 4) is 0 Å². The van der Waals surface area contributed by atoms with Crippen molar-refractivity contribution >= 4 is 17.6 Å². The number of nitrogens with one attached hydrogen (secondary N) is 1. The van der Waals surface area contributed by atoms with Crippen LogP contribution in [0, 0.1) is 0 Å². The van der Waals surface area contributed by atoms with Crippen LogP contribution in [0.25, 0.3) is 0 Å². The number of nitrogens with zero attached hydrogens (tertiary/aromatic N) is 3. The Hall–Kier alpha value is -1.59. The van der Waals surface area contributed by atoms with E-state index in [0.29, 0.717) is 32.0 Å². The molecule has 0 aromatic heterocycles. The highest BCUT2D eigenvalue weighted by atomic mass is 16.2. The molecule has 0 saturated carbocycles. The average Bonchev–Trinajstić information content (AvgIpc) is 2.45. The van der Waals surface area contributed by atoms with Crippen LogP contribution in [0.4, 0.5) is 0 Å². The Balaban J connectivity index is 4.21. The van der Waals surface area contributed by atoms with Crippen molar-refractivity contribution in [3.05, 3.63) is 0 Å². The summed E-state index contributed by atoms with van der Waals surface area (Å²) in [5, 5.41) is 2.95. The van der Waals surface area contributed by atoms with Crippen molar-refractivity contribution in [2.75, 3.05) is 39.3 Å². The monoisotopic (exact) mass is 284 g/mol. The van der Waals surface area contributed by atoms with E-state index >= 15 is 0 Å². The molecule has 6 heteroatoms. The molecule has 0 bridgehead atoms. The molecule has 6 nitrogen and oxygen atoms in total. The molecule has 0 aromatic rings. The van der Waals surface area contributed by atoms with Gasteiger partial charge in [0.25, 0.3) is 0 Å². The van der Waals surface area contributed by atoms with E-state index in [1.807, 2.05) is 27.7 Å². The van der Waals surface area contributed by atoms with E-state index in [-0.39, 0.29) is 24.9 Å². The Morgan fingerprint density at radius 1 is 0.900 bits per heavy atom. The summed E-state index contributed by atoms with van der Waals surface area (Å²) in [6.45, 7) is 12.7.